The number of nitro benzene ring substituents is 1. The van der Waals surface area contributed by atoms with Crippen molar-refractivity contribution in [3.05, 3.63) is 82.4 Å². The predicted octanol–water partition coefficient (Wildman–Crippen LogP) is 4.63. The Hall–Kier alpha value is -4.39. The van der Waals surface area contributed by atoms with E-state index in [9.17, 15) is 20.0 Å². The normalized spacial score (nSPS) is 14.6. The lowest BCUT2D eigenvalue weighted by Gasteiger charge is -2.35. The van der Waals surface area contributed by atoms with E-state index in [-0.39, 0.29) is 11.4 Å². The third-order valence-electron chi connectivity index (χ3n) is 6.09. The van der Waals surface area contributed by atoms with Crippen molar-refractivity contribution < 1.29 is 29.0 Å². The highest BCUT2D eigenvalue weighted by molar-refractivity contribution is 5.91. The molecule has 1 N–H and O–H groups in total. The van der Waals surface area contributed by atoms with Gasteiger partial charge in [-0.15, -0.1) is 0 Å². The molecule has 0 spiro atoms. The molecule has 202 valence electrons. The number of nitro groups is 1. The van der Waals surface area contributed by atoms with E-state index in [1.165, 1.54) is 35.2 Å². The van der Waals surface area contributed by atoms with Crippen molar-refractivity contribution in [3.63, 3.8) is 0 Å². The first-order valence-corrected chi connectivity index (χ1v) is 12.3. The largest absolute Gasteiger partial charge is 0.439 e. The van der Waals surface area contributed by atoms with E-state index in [2.05, 4.69) is 9.97 Å². The Labute approximate surface area is 223 Å². The number of carbonyl (C=O) groups excluding carboxylic acids is 1. The van der Waals surface area contributed by atoms with Gasteiger partial charge in [0.25, 0.3) is 5.69 Å². The number of aromatic nitrogens is 3. The Balaban J connectivity index is 1.29. The zero-order valence-corrected chi connectivity index (χ0v) is 21.6. The molecule has 1 atom stereocenters. The summed E-state index contributed by atoms with van der Waals surface area (Å²) in [5.74, 6) is 1.16. The number of hydrogen-bond donors (Lipinski definition) is 1. The Kier molecular flexibility index (Phi) is 7.00. The minimum atomic E-state index is -1.05. The molecule has 0 fully saturated rings. The van der Waals surface area contributed by atoms with Crippen molar-refractivity contribution >= 4 is 22.7 Å². The summed E-state index contributed by atoms with van der Waals surface area (Å²) in [7, 11) is 0. The number of benzene rings is 2. The fourth-order valence-electron chi connectivity index (χ4n) is 4.25. The van der Waals surface area contributed by atoms with Crippen LogP contribution in [0.15, 0.2) is 61.1 Å². The van der Waals surface area contributed by atoms with Crippen LogP contribution < -0.4 is 9.47 Å². The molecule has 0 radical (unpaired) electrons. The first kappa shape index (κ1) is 26.2. The summed E-state index contributed by atoms with van der Waals surface area (Å²) in [6, 6.07) is 12.3. The maximum absolute atomic E-state index is 12.7. The third kappa shape index (κ3) is 5.87. The van der Waals surface area contributed by atoms with Gasteiger partial charge in [-0.2, -0.15) is 0 Å². The first-order valence-electron chi connectivity index (χ1n) is 12.3. The lowest BCUT2D eigenvalue weighted by Crippen LogP contribution is -2.44. The molecule has 0 aliphatic carbocycles. The van der Waals surface area contributed by atoms with E-state index < -0.39 is 23.0 Å². The van der Waals surface area contributed by atoms with Crippen molar-refractivity contribution in [2.75, 3.05) is 6.54 Å². The fraction of sp³-hybridized carbons (Fsp3) is 0.296. The molecule has 1 aliphatic rings. The SMILES string of the molecule is CC(C)(C)OC(O)N1CCc2c(ncnc2Oc2ccc3c(ccn3C(=O)Oc3ccc([N+](=O)[O-])cc3)c2)C1. The summed E-state index contributed by atoms with van der Waals surface area (Å²) >= 11 is 0. The second-order valence-corrected chi connectivity index (χ2v) is 10.0. The van der Waals surface area contributed by atoms with E-state index in [4.69, 9.17) is 14.2 Å². The molecule has 12 heteroatoms. The van der Waals surface area contributed by atoms with E-state index in [0.717, 1.165) is 16.6 Å². The molecule has 39 heavy (non-hydrogen) atoms. The fourth-order valence-corrected chi connectivity index (χ4v) is 4.25. The smallest absolute Gasteiger partial charge is 0.423 e. The van der Waals surface area contributed by atoms with Crippen molar-refractivity contribution in [2.24, 2.45) is 0 Å². The average molecular weight is 534 g/mol. The van der Waals surface area contributed by atoms with Crippen LogP contribution in [0.3, 0.4) is 0 Å². The predicted molar refractivity (Wildman–Crippen MR) is 140 cm³/mol. The molecule has 2 aromatic carbocycles. The lowest BCUT2D eigenvalue weighted by molar-refractivity contribution is -0.384. The van der Waals surface area contributed by atoms with Crippen LogP contribution in [0, 0.1) is 10.1 Å². The molecular weight excluding hydrogens is 506 g/mol. The number of hydrogen-bond acceptors (Lipinski definition) is 10. The summed E-state index contributed by atoms with van der Waals surface area (Å²) in [6.07, 6.45) is 1.88. The molecule has 0 bridgehead atoms. The van der Waals surface area contributed by atoms with Gasteiger partial charge in [0.15, 0.2) is 0 Å². The highest BCUT2D eigenvalue weighted by atomic mass is 16.6. The second kappa shape index (κ2) is 10.4. The number of non-ortho nitro benzene ring substituents is 1. The van der Waals surface area contributed by atoms with Crippen LogP contribution in [0.5, 0.6) is 17.4 Å². The summed E-state index contributed by atoms with van der Waals surface area (Å²) in [5, 5.41) is 22.0. The number of nitrogens with zero attached hydrogens (tertiary/aromatic N) is 5. The molecule has 0 amide bonds. The van der Waals surface area contributed by atoms with E-state index >= 15 is 0 Å². The molecular formula is C27H27N5O7. The highest BCUT2D eigenvalue weighted by Crippen LogP contribution is 2.31. The highest BCUT2D eigenvalue weighted by Gasteiger charge is 2.29. The molecule has 5 rings (SSSR count). The van der Waals surface area contributed by atoms with Gasteiger partial charge in [-0.05, 0) is 63.6 Å². The monoisotopic (exact) mass is 533 g/mol. The number of fused-ring (bicyclic) bond motifs is 2. The minimum Gasteiger partial charge on any atom is -0.439 e. The number of rotatable bonds is 6. The molecule has 3 heterocycles. The van der Waals surface area contributed by atoms with Crippen LogP contribution in [0.2, 0.25) is 0 Å². The summed E-state index contributed by atoms with van der Waals surface area (Å²) in [6.45, 7) is 6.59. The Morgan fingerprint density at radius 2 is 1.85 bits per heavy atom. The summed E-state index contributed by atoms with van der Waals surface area (Å²) < 4.78 is 18.5. The Morgan fingerprint density at radius 3 is 2.56 bits per heavy atom. The number of aliphatic hydroxyl groups is 1. The molecule has 12 nitrogen and oxygen atoms in total. The summed E-state index contributed by atoms with van der Waals surface area (Å²) in [5.41, 5.74) is 1.63. The van der Waals surface area contributed by atoms with Crippen molar-refractivity contribution in [3.8, 4) is 17.4 Å². The molecule has 0 saturated heterocycles. The van der Waals surface area contributed by atoms with E-state index in [1.54, 1.807) is 35.4 Å². The maximum atomic E-state index is 12.7. The molecule has 0 saturated carbocycles. The molecule has 4 aromatic rings. The maximum Gasteiger partial charge on any atom is 0.423 e. The Bertz CT molecular complexity index is 1530. The van der Waals surface area contributed by atoms with Gasteiger partial charge in [0.2, 0.25) is 12.3 Å². The number of carbonyl (C=O) groups is 1. The van der Waals surface area contributed by atoms with Crippen molar-refractivity contribution in [1.82, 2.24) is 19.4 Å². The standard InChI is InChI=1S/C27H27N5O7/c1-27(2,3)39-25(33)30-12-11-21-22(15-30)28-16-29-24(21)37-20-8-9-23-17(14-20)10-13-31(23)26(34)38-19-6-4-18(5-7-19)32(35)36/h4-10,13-14,16,25,33H,11-12,15H2,1-3H3. The van der Waals surface area contributed by atoms with Crippen LogP contribution in [0.25, 0.3) is 10.9 Å². The van der Waals surface area contributed by atoms with Gasteiger partial charge in [0, 0.05) is 42.4 Å². The van der Waals surface area contributed by atoms with Crippen LogP contribution in [-0.4, -0.2) is 54.1 Å². The van der Waals surface area contributed by atoms with Crippen LogP contribution >= 0.6 is 0 Å². The zero-order chi connectivity index (χ0) is 27.7. The lowest BCUT2D eigenvalue weighted by atomic mass is 10.1. The van der Waals surface area contributed by atoms with E-state index in [1.807, 2.05) is 20.8 Å². The molecule has 1 unspecified atom stereocenters. The van der Waals surface area contributed by atoms with Gasteiger partial charge in [-0.25, -0.2) is 19.7 Å². The average Bonchev–Trinajstić information content (AvgIpc) is 3.31. The van der Waals surface area contributed by atoms with Crippen molar-refractivity contribution in [1.29, 1.82) is 0 Å². The van der Waals surface area contributed by atoms with E-state index in [0.29, 0.717) is 36.7 Å². The van der Waals surface area contributed by atoms with Gasteiger partial charge in [-0.3, -0.25) is 14.7 Å². The first-order chi connectivity index (χ1) is 18.6. The number of aliphatic hydroxyl groups excluding tert-OH is 1. The zero-order valence-electron chi connectivity index (χ0n) is 21.6. The topological polar surface area (TPSA) is 142 Å². The van der Waals surface area contributed by atoms with Gasteiger partial charge in [0.1, 0.15) is 17.8 Å². The van der Waals surface area contributed by atoms with Crippen LogP contribution in [-0.2, 0) is 17.7 Å². The molecule has 1 aliphatic heterocycles. The second-order valence-electron chi connectivity index (χ2n) is 10.0. The quantitative estimate of drug-likeness (QED) is 0.212. The van der Waals surface area contributed by atoms with Gasteiger partial charge in [-0.1, -0.05) is 0 Å². The van der Waals surface area contributed by atoms with Gasteiger partial charge in [0.05, 0.1) is 21.7 Å². The molecule has 2 aromatic heterocycles. The van der Waals surface area contributed by atoms with Gasteiger partial charge < -0.3 is 19.3 Å². The van der Waals surface area contributed by atoms with Gasteiger partial charge >= 0.3 is 6.09 Å². The Morgan fingerprint density at radius 1 is 1.10 bits per heavy atom. The third-order valence-corrected chi connectivity index (χ3v) is 6.09. The minimum absolute atomic E-state index is 0.0943. The summed E-state index contributed by atoms with van der Waals surface area (Å²) in [4.78, 5) is 33.5. The van der Waals surface area contributed by atoms with Crippen molar-refractivity contribution in [2.45, 2.75) is 45.8 Å². The van der Waals surface area contributed by atoms with Crippen LogP contribution in [0.1, 0.15) is 32.0 Å². The number of ether oxygens (including phenoxy) is 3. The van der Waals surface area contributed by atoms with Crippen LogP contribution in [0.4, 0.5) is 10.5 Å².